The van der Waals surface area contributed by atoms with E-state index in [0.29, 0.717) is 13.1 Å². The predicted octanol–water partition coefficient (Wildman–Crippen LogP) is 2.70. The molecule has 5 rings (SSSR count). The molecule has 29 heavy (non-hydrogen) atoms. The summed E-state index contributed by atoms with van der Waals surface area (Å²) in [6.07, 6.45) is 5.34. The highest BCUT2D eigenvalue weighted by molar-refractivity contribution is 7.09. The summed E-state index contributed by atoms with van der Waals surface area (Å²) in [6, 6.07) is 6.04. The Bertz CT molecular complexity index is 1020. The third-order valence-corrected chi connectivity index (χ3v) is 7.18. The van der Waals surface area contributed by atoms with E-state index in [2.05, 4.69) is 11.9 Å². The predicted molar refractivity (Wildman–Crippen MR) is 111 cm³/mol. The van der Waals surface area contributed by atoms with Crippen molar-refractivity contribution in [3.8, 4) is 0 Å². The number of carbonyl (C=O) groups excluding carboxylic acids is 2. The van der Waals surface area contributed by atoms with Crippen LogP contribution in [0.15, 0.2) is 41.9 Å². The molecule has 2 amide bonds. The normalized spacial score (nSPS) is 29.6. The van der Waals surface area contributed by atoms with Gasteiger partial charge in [0.2, 0.25) is 11.8 Å². The average molecular weight is 410 g/mol. The molecule has 2 fully saturated rings. The van der Waals surface area contributed by atoms with Crippen LogP contribution in [0, 0.1) is 25.7 Å². The van der Waals surface area contributed by atoms with Gasteiger partial charge in [-0.25, -0.2) is 4.98 Å². The molecule has 1 spiro atoms. The van der Waals surface area contributed by atoms with Crippen molar-refractivity contribution in [1.82, 2.24) is 9.88 Å². The number of benzene rings is 1. The summed E-state index contributed by atoms with van der Waals surface area (Å²) in [6.45, 7) is 4.99. The molecular formula is C22H23N3O3S. The number of ether oxygens (including phenoxy) is 1. The van der Waals surface area contributed by atoms with Gasteiger partial charge in [-0.15, -0.1) is 11.3 Å². The zero-order valence-corrected chi connectivity index (χ0v) is 17.5. The van der Waals surface area contributed by atoms with Gasteiger partial charge in [-0.2, -0.15) is 0 Å². The van der Waals surface area contributed by atoms with Crippen LogP contribution < -0.4 is 4.90 Å². The summed E-state index contributed by atoms with van der Waals surface area (Å²) in [7, 11) is 1.77. The SMILES string of the molecule is Cc1ccc(N2C[C@]34C=C[C@H](O3)[C@@H](C(=O)N(C)Cc3nccs3)[C@H]4C2=O)cc1C. The minimum atomic E-state index is -0.705. The van der Waals surface area contributed by atoms with Crippen LogP contribution in [-0.4, -0.2) is 47.0 Å². The lowest BCUT2D eigenvalue weighted by Crippen LogP contribution is -2.44. The summed E-state index contributed by atoms with van der Waals surface area (Å²) in [4.78, 5) is 34.5. The highest BCUT2D eigenvalue weighted by atomic mass is 32.1. The van der Waals surface area contributed by atoms with Gasteiger partial charge in [0.15, 0.2) is 0 Å². The Kier molecular flexibility index (Phi) is 4.15. The van der Waals surface area contributed by atoms with E-state index < -0.39 is 17.4 Å². The lowest BCUT2D eigenvalue weighted by Gasteiger charge is -2.27. The Morgan fingerprint density at radius 3 is 2.93 bits per heavy atom. The Hall–Kier alpha value is -2.51. The van der Waals surface area contributed by atoms with E-state index in [-0.39, 0.29) is 17.9 Å². The standard InChI is InChI=1S/C22H23N3O3S/c1-13-4-5-15(10-14(13)2)25-12-22-7-6-16(28-22)18(19(22)21(25)27)20(26)24(3)11-17-23-8-9-29-17/h4-10,16,18-19H,11-12H2,1-3H3/t16-,18+,19-,22-/m0/s1. The number of thiazole rings is 1. The molecule has 4 heterocycles. The van der Waals surface area contributed by atoms with E-state index in [1.807, 2.05) is 42.7 Å². The van der Waals surface area contributed by atoms with E-state index in [1.54, 1.807) is 23.0 Å². The monoisotopic (exact) mass is 409 g/mol. The third-order valence-electron chi connectivity index (χ3n) is 6.42. The van der Waals surface area contributed by atoms with Gasteiger partial charge in [0.1, 0.15) is 10.6 Å². The number of amides is 2. The Morgan fingerprint density at radius 1 is 1.38 bits per heavy atom. The Morgan fingerprint density at radius 2 is 2.21 bits per heavy atom. The topological polar surface area (TPSA) is 62.7 Å². The zero-order chi connectivity index (χ0) is 20.3. The van der Waals surface area contributed by atoms with E-state index in [0.717, 1.165) is 16.3 Å². The smallest absolute Gasteiger partial charge is 0.234 e. The molecule has 6 nitrogen and oxygen atoms in total. The first-order valence-electron chi connectivity index (χ1n) is 9.79. The molecule has 0 radical (unpaired) electrons. The first-order valence-corrected chi connectivity index (χ1v) is 10.7. The van der Waals surface area contributed by atoms with Crippen LogP contribution in [0.5, 0.6) is 0 Å². The van der Waals surface area contributed by atoms with Gasteiger partial charge in [0.05, 0.1) is 31.0 Å². The van der Waals surface area contributed by atoms with Crippen LogP contribution in [0.3, 0.4) is 0 Å². The number of hydrogen-bond donors (Lipinski definition) is 0. The lowest BCUT2D eigenvalue weighted by molar-refractivity contribution is -0.139. The molecule has 3 aliphatic heterocycles. The van der Waals surface area contributed by atoms with E-state index in [4.69, 9.17) is 4.74 Å². The van der Waals surface area contributed by atoms with Gasteiger partial charge in [0, 0.05) is 24.3 Å². The summed E-state index contributed by atoms with van der Waals surface area (Å²) >= 11 is 1.52. The van der Waals surface area contributed by atoms with Gasteiger partial charge in [-0.3, -0.25) is 9.59 Å². The van der Waals surface area contributed by atoms with Crippen LogP contribution in [0.4, 0.5) is 5.69 Å². The highest BCUT2D eigenvalue weighted by Gasteiger charge is 2.67. The van der Waals surface area contributed by atoms with Crippen LogP contribution >= 0.6 is 11.3 Å². The summed E-state index contributed by atoms with van der Waals surface area (Å²) in [5, 5.41) is 2.78. The number of carbonyl (C=O) groups is 2. The van der Waals surface area contributed by atoms with Crippen molar-refractivity contribution in [1.29, 1.82) is 0 Å². The second kappa shape index (κ2) is 6.50. The lowest BCUT2D eigenvalue weighted by atomic mass is 9.76. The molecule has 150 valence electrons. The summed E-state index contributed by atoms with van der Waals surface area (Å²) < 4.78 is 6.24. The first kappa shape index (κ1) is 18.5. The van der Waals surface area contributed by atoms with Crippen LogP contribution in [-0.2, 0) is 20.9 Å². The number of aromatic nitrogens is 1. The first-order chi connectivity index (χ1) is 13.9. The Balaban J connectivity index is 1.43. The molecule has 2 saturated heterocycles. The van der Waals surface area contributed by atoms with Gasteiger partial charge >= 0.3 is 0 Å². The number of anilines is 1. The Labute approximate surface area is 173 Å². The van der Waals surface area contributed by atoms with Gasteiger partial charge in [-0.1, -0.05) is 18.2 Å². The second-order valence-electron chi connectivity index (χ2n) is 8.21. The van der Waals surface area contributed by atoms with Crippen LogP contribution in [0.25, 0.3) is 0 Å². The fourth-order valence-electron chi connectivity index (χ4n) is 4.76. The maximum absolute atomic E-state index is 13.5. The highest BCUT2D eigenvalue weighted by Crippen LogP contribution is 2.53. The maximum Gasteiger partial charge on any atom is 0.234 e. The van der Waals surface area contributed by atoms with Crippen molar-refractivity contribution in [3.05, 3.63) is 58.1 Å². The largest absolute Gasteiger partial charge is 0.360 e. The van der Waals surface area contributed by atoms with Gasteiger partial charge in [-0.05, 0) is 37.1 Å². The molecule has 0 N–H and O–H groups in total. The van der Waals surface area contributed by atoms with Gasteiger partial charge in [0.25, 0.3) is 0 Å². The molecule has 3 aliphatic rings. The molecule has 2 bridgehead atoms. The molecule has 0 saturated carbocycles. The molecule has 0 unspecified atom stereocenters. The van der Waals surface area contributed by atoms with Crippen molar-refractivity contribution in [2.45, 2.75) is 32.1 Å². The van der Waals surface area contributed by atoms with Crippen molar-refractivity contribution < 1.29 is 14.3 Å². The third kappa shape index (κ3) is 2.75. The van der Waals surface area contributed by atoms with E-state index in [9.17, 15) is 9.59 Å². The van der Waals surface area contributed by atoms with Crippen molar-refractivity contribution in [3.63, 3.8) is 0 Å². The van der Waals surface area contributed by atoms with Crippen molar-refractivity contribution in [2.24, 2.45) is 11.8 Å². The van der Waals surface area contributed by atoms with E-state index >= 15 is 0 Å². The minimum absolute atomic E-state index is 0.0268. The molecule has 0 aliphatic carbocycles. The molecule has 1 aromatic heterocycles. The van der Waals surface area contributed by atoms with Crippen molar-refractivity contribution in [2.75, 3.05) is 18.5 Å². The maximum atomic E-state index is 13.5. The van der Waals surface area contributed by atoms with E-state index in [1.165, 1.54) is 16.9 Å². The number of aryl methyl sites for hydroxylation is 2. The fraction of sp³-hybridized carbons (Fsp3) is 0.409. The molecule has 7 heteroatoms. The minimum Gasteiger partial charge on any atom is -0.360 e. The number of hydrogen-bond acceptors (Lipinski definition) is 5. The second-order valence-corrected chi connectivity index (χ2v) is 9.19. The molecule has 1 aromatic carbocycles. The number of rotatable bonds is 4. The summed E-state index contributed by atoms with van der Waals surface area (Å²) in [5.41, 5.74) is 2.49. The molecule has 4 atom stereocenters. The summed E-state index contributed by atoms with van der Waals surface area (Å²) in [5.74, 6) is -1.06. The van der Waals surface area contributed by atoms with Crippen molar-refractivity contribution >= 4 is 28.8 Å². The molecule has 2 aromatic rings. The zero-order valence-electron chi connectivity index (χ0n) is 16.7. The average Bonchev–Trinajstić information content (AvgIpc) is 3.46. The van der Waals surface area contributed by atoms with Crippen LogP contribution in [0.2, 0.25) is 0 Å². The number of nitrogens with zero attached hydrogens (tertiary/aromatic N) is 3. The van der Waals surface area contributed by atoms with Gasteiger partial charge < -0.3 is 14.5 Å². The quantitative estimate of drug-likeness (QED) is 0.729. The van der Waals surface area contributed by atoms with Crippen LogP contribution in [0.1, 0.15) is 16.1 Å². The molecular weight excluding hydrogens is 386 g/mol. The number of fused-ring (bicyclic) bond motifs is 1. The fourth-order valence-corrected chi connectivity index (χ4v) is 5.43.